The highest BCUT2D eigenvalue weighted by molar-refractivity contribution is 7.14. The van der Waals surface area contributed by atoms with E-state index in [0.29, 0.717) is 30.9 Å². The molecule has 1 aliphatic carbocycles. The summed E-state index contributed by atoms with van der Waals surface area (Å²) in [6.07, 6.45) is 6.64. The lowest BCUT2D eigenvalue weighted by Crippen LogP contribution is -2.46. The van der Waals surface area contributed by atoms with E-state index in [1.54, 1.807) is 11.3 Å². The predicted octanol–water partition coefficient (Wildman–Crippen LogP) is 2.63. The minimum absolute atomic E-state index is 0.143. The van der Waals surface area contributed by atoms with Gasteiger partial charge in [0.2, 0.25) is 0 Å². The van der Waals surface area contributed by atoms with Gasteiger partial charge in [-0.25, -0.2) is 0 Å². The topological polar surface area (TPSA) is 75.6 Å². The van der Waals surface area contributed by atoms with Crippen LogP contribution in [0.25, 0.3) is 0 Å². The molecule has 1 fully saturated rings. The number of fused-ring (bicyclic) bond motifs is 1. The van der Waals surface area contributed by atoms with Gasteiger partial charge in [-0.15, -0.1) is 11.3 Å². The predicted molar refractivity (Wildman–Crippen MR) is 88.0 cm³/mol. The number of carbonyl (C=O) groups excluding carboxylic acids is 1. The third-order valence-corrected chi connectivity index (χ3v) is 6.20. The van der Waals surface area contributed by atoms with E-state index in [9.17, 15) is 14.7 Å². The van der Waals surface area contributed by atoms with E-state index in [4.69, 9.17) is 4.74 Å². The molecule has 1 aliphatic heterocycles. The number of carboxylic acid groups (broad SMARTS) is 1. The monoisotopic (exact) mass is 337 g/mol. The van der Waals surface area contributed by atoms with Crippen LogP contribution in [0.4, 0.5) is 0 Å². The smallest absolute Gasteiger partial charge is 0.311 e. The van der Waals surface area contributed by atoms with Crippen LogP contribution in [0.3, 0.4) is 0 Å². The molecule has 0 saturated carbocycles. The first kappa shape index (κ1) is 16.5. The third-order valence-electron chi connectivity index (χ3n) is 4.96. The average molecular weight is 337 g/mol. The minimum Gasteiger partial charge on any atom is -0.481 e. The van der Waals surface area contributed by atoms with Crippen LogP contribution in [0.2, 0.25) is 0 Å². The first-order chi connectivity index (χ1) is 11.1. The number of aryl methyl sites for hydroxylation is 2. The Hall–Kier alpha value is -1.40. The van der Waals surface area contributed by atoms with Crippen molar-refractivity contribution in [3.8, 4) is 0 Å². The van der Waals surface area contributed by atoms with Crippen LogP contribution >= 0.6 is 11.3 Å². The lowest BCUT2D eigenvalue weighted by molar-refractivity contribution is -0.154. The first-order valence-corrected chi connectivity index (χ1v) is 9.13. The van der Waals surface area contributed by atoms with Crippen LogP contribution in [0.15, 0.2) is 6.07 Å². The molecule has 0 bridgehead atoms. The number of ether oxygens (including phenoxy) is 1. The van der Waals surface area contributed by atoms with Crippen molar-refractivity contribution in [2.24, 2.45) is 5.41 Å². The summed E-state index contributed by atoms with van der Waals surface area (Å²) >= 11 is 1.57. The Morgan fingerprint density at radius 1 is 1.22 bits per heavy atom. The van der Waals surface area contributed by atoms with Crippen molar-refractivity contribution in [2.45, 2.75) is 44.9 Å². The van der Waals surface area contributed by atoms with Gasteiger partial charge in [-0.2, -0.15) is 0 Å². The fraction of sp³-hybridized carbons (Fsp3) is 0.647. The Bertz CT molecular complexity index is 566. The quantitative estimate of drug-likeness (QED) is 0.828. The summed E-state index contributed by atoms with van der Waals surface area (Å²) in [6.45, 7) is 1.05. The summed E-state index contributed by atoms with van der Waals surface area (Å²) in [7, 11) is 0. The molecule has 5 nitrogen and oxygen atoms in total. The number of carbonyl (C=O) groups is 2. The van der Waals surface area contributed by atoms with Gasteiger partial charge in [0.1, 0.15) is 0 Å². The molecule has 1 aromatic rings. The molecule has 2 N–H and O–H groups in total. The lowest BCUT2D eigenvalue weighted by atomic mass is 9.80. The Morgan fingerprint density at radius 3 is 2.70 bits per heavy atom. The lowest BCUT2D eigenvalue weighted by Gasteiger charge is -2.33. The number of amides is 1. The molecule has 0 atom stereocenters. The van der Waals surface area contributed by atoms with Gasteiger partial charge in [0, 0.05) is 24.6 Å². The van der Waals surface area contributed by atoms with Crippen LogP contribution in [0.5, 0.6) is 0 Å². The summed E-state index contributed by atoms with van der Waals surface area (Å²) in [5.74, 6) is -0.988. The molecule has 3 rings (SSSR count). The summed E-state index contributed by atoms with van der Waals surface area (Å²) in [5.41, 5.74) is 0.416. The molecule has 0 unspecified atom stereocenters. The van der Waals surface area contributed by atoms with E-state index in [-0.39, 0.29) is 12.5 Å². The number of rotatable bonds is 4. The Morgan fingerprint density at radius 2 is 1.96 bits per heavy atom. The normalized spacial score (nSPS) is 20.3. The maximum atomic E-state index is 12.4. The van der Waals surface area contributed by atoms with Crippen molar-refractivity contribution in [2.75, 3.05) is 19.8 Å². The molecule has 2 heterocycles. The molecule has 0 aromatic carbocycles. The van der Waals surface area contributed by atoms with Gasteiger partial charge in [-0.3, -0.25) is 9.59 Å². The number of thiophene rings is 1. The molecule has 2 aliphatic rings. The number of carboxylic acids is 1. The third kappa shape index (κ3) is 3.58. The maximum absolute atomic E-state index is 12.4. The summed E-state index contributed by atoms with van der Waals surface area (Å²) in [6, 6.07) is 2.00. The van der Waals surface area contributed by atoms with Gasteiger partial charge in [0.05, 0.1) is 10.3 Å². The molecule has 1 amide bonds. The zero-order valence-electron chi connectivity index (χ0n) is 13.2. The molecular weight excluding hydrogens is 314 g/mol. The van der Waals surface area contributed by atoms with E-state index in [1.807, 2.05) is 6.07 Å². The highest BCUT2D eigenvalue weighted by Gasteiger charge is 2.40. The van der Waals surface area contributed by atoms with E-state index in [2.05, 4.69) is 5.32 Å². The van der Waals surface area contributed by atoms with E-state index < -0.39 is 11.4 Å². The number of aliphatic carboxylic acids is 1. The standard InChI is InChI=1S/C17H23NO4S/c19-15(14-10-12-4-2-1-3-5-13(12)23-14)18-11-17(16(20)21)6-8-22-9-7-17/h10H,1-9,11H2,(H,18,19)(H,20,21). The van der Waals surface area contributed by atoms with Crippen LogP contribution in [0.1, 0.15) is 52.2 Å². The number of hydrogen-bond acceptors (Lipinski definition) is 4. The van der Waals surface area contributed by atoms with Gasteiger partial charge >= 0.3 is 5.97 Å². The van der Waals surface area contributed by atoms with Gasteiger partial charge in [-0.1, -0.05) is 6.42 Å². The second-order valence-electron chi connectivity index (χ2n) is 6.50. The first-order valence-electron chi connectivity index (χ1n) is 8.32. The Kier molecular flexibility index (Phi) is 5.02. The molecule has 0 spiro atoms. The van der Waals surface area contributed by atoms with Crippen LogP contribution in [-0.4, -0.2) is 36.7 Å². The SMILES string of the molecule is O=C(NCC1(C(=O)O)CCOCC1)c1cc2c(s1)CCCCC2. The molecular formula is C17H23NO4S. The van der Waals surface area contributed by atoms with Crippen LogP contribution in [-0.2, 0) is 22.4 Å². The van der Waals surface area contributed by atoms with Gasteiger partial charge in [0.25, 0.3) is 5.91 Å². The highest BCUT2D eigenvalue weighted by atomic mass is 32.1. The van der Waals surface area contributed by atoms with E-state index in [0.717, 1.165) is 12.8 Å². The molecule has 0 radical (unpaired) electrons. The van der Waals surface area contributed by atoms with Crippen LogP contribution < -0.4 is 5.32 Å². The maximum Gasteiger partial charge on any atom is 0.311 e. The van der Waals surface area contributed by atoms with Crippen molar-refractivity contribution < 1.29 is 19.4 Å². The molecule has 1 aromatic heterocycles. The van der Waals surface area contributed by atoms with Crippen molar-refractivity contribution in [3.05, 3.63) is 21.4 Å². The minimum atomic E-state index is -0.887. The highest BCUT2D eigenvalue weighted by Crippen LogP contribution is 2.31. The second kappa shape index (κ2) is 7.01. The van der Waals surface area contributed by atoms with Gasteiger partial charge in [0.15, 0.2) is 0 Å². The van der Waals surface area contributed by atoms with Crippen molar-refractivity contribution in [1.82, 2.24) is 5.32 Å². The molecule has 23 heavy (non-hydrogen) atoms. The number of hydrogen-bond donors (Lipinski definition) is 2. The Balaban J connectivity index is 1.66. The molecule has 126 valence electrons. The Labute approximate surface area is 140 Å². The van der Waals surface area contributed by atoms with E-state index >= 15 is 0 Å². The zero-order chi connectivity index (χ0) is 16.3. The van der Waals surface area contributed by atoms with Gasteiger partial charge in [-0.05, 0) is 50.2 Å². The summed E-state index contributed by atoms with van der Waals surface area (Å²) < 4.78 is 5.26. The summed E-state index contributed by atoms with van der Waals surface area (Å²) in [5, 5.41) is 12.4. The largest absolute Gasteiger partial charge is 0.481 e. The fourth-order valence-corrected chi connectivity index (χ4v) is 4.51. The number of nitrogens with one attached hydrogen (secondary N) is 1. The zero-order valence-corrected chi connectivity index (χ0v) is 14.0. The average Bonchev–Trinajstić information content (AvgIpc) is 2.84. The summed E-state index contributed by atoms with van der Waals surface area (Å²) in [4.78, 5) is 26.1. The van der Waals surface area contributed by atoms with Crippen molar-refractivity contribution >= 4 is 23.2 Å². The molecule has 1 saturated heterocycles. The van der Waals surface area contributed by atoms with Crippen LogP contribution in [0, 0.1) is 5.41 Å². The van der Waals surface area contributed by atoms with Gasteiger partial charge < -0.3 is 15.2 Å². The second-order valence-corrected chi connectivity index (χ2v) is 7.64. The van der Waals surface area contributed by atoms with E-state index in [1.165, 1.54) is 29.7 Å². The van der Waals surface area contributed by atoms with Crippen molar-refractivity contribution in [3.63, 3.8) is 0 Å². The molecule has 6 heteroatoms. The van der Waals surface area contributed by atoms with Crippen molar-refractivity contribution in [1.29, 1.82) is 0 Å². The fourth-order valence-electron chi connectivity index (χ4n) is 3.34.